The van der Waals surface area contributed by atoms with E-state index in [9.17, 15) is 0 Å². The van der Waals surface area contributed by atoms with Gasteiger partial charge in [0.15, 0.2) is 0 Å². The molecule has 0 unspecified atom stereocenters. The minimum Gasteiger partial charge on any atom is -0.315 e. The molecule has 0 heterocycles. The van der Waals surface area contributed by atoms with Gasteiger partial charge < -0.3 is 5.32 Å². The largest absolute Gasteiger partial charge is 0.315 e. The van der Waals surface area contributed by atoms with Crippen molar-refractivity contribution < 1.29 is 0 Å². The van der Waals surface area contributed by atoms with Crippen molar-refractivity contribution in [3.63, 3.8) is 0 Å². The molecule has 0 bridgehead atoms. The van der Waals surface area contributed by atoms with E-state index >= 15 is 0 Å². The molecule has 0 saturated carbocycles. The number of nitrogens with one attached hydrogen (secondary N) is 1. The zero-order valence-corrected chi connectivity index (χ0v) is 10.9. The molecule has 0 saturated heterocycles. The first-order valence-electron chi connectivity index (χ1n) is 5.52. The van der Waals surface area contributed by atoms with Gasteiger partial charge in [0.2, 0.25) is 0 Å². The smallest absolute Gasteiger partial charge is 0.0127 e. The lowest BCUT2D eigenvalue weighted by Gasteiger charge is -2.34. The van der Waals surface area contributed by atoms with E-state index in [1.54, 1.807) is 0 Å². The Morgan fingerprint density at radius 1 is 1.00 bits per heavy atom. The Bertz CT molecular complexity index is 100. The third-order valence-corrected chi connectivity index (χ3v) is 2.55. The molecule has 1 heteroatoms. The molecular weight excluding hydrogens is 158 g/mol. The van der Waals surface area contributed by atoms with E-state index in [-0.39, 0.29) is 5.54 Å². The molecule has 0 aromatic carbocycles. The molecule has 0 radical (unpaired) electrons. The predicted molar refractivity (Wildman–Crippen MR) is 63.2 cm³/mol. The lowest BCUT2D eigenvalue weighted by Crippen LogP contribution is -2.40. The number of rotatable bonds is 4. The quantitative estimate of drug-likeness (QED) is 0.705. The van der Waals surface area contributed by atoms with Crippen LogP contribution in [0.3, 0.4) is 0 Å². The maximum Gasteiger partial charge on any atom is 0.0127 e. The summed E-state index contributed by atoms with van der Waals surface area (Å²) in [4.78, 5) is 0. The second-order valence-electron chi connectivity index (χ2n) is 4.83. The number of hydrogen-bond donors (Lipinski definition) is 1. The first-order valence-corrected chi connectivity index (χ1v) is 5.52. The van der Waals surface area contributed by atoms with Crippen LogP contribution in [0.15, 0.2) is 0 Å². The average molecular weight is 187 g/mol. The van der Waals surface area contributed by atoms with Crippen molar-refractivity contribution in [1.29, 1.82) is 0 Å². The molecule has 0 aliphatic carbocycles. The maximum absolute atomic E-state index is 3.33. The maximum atomic E-state index is 3.33. The highest BCUT2D eigenvalue weighted by Gasteiger charge is 2.25. The van der Waals surface area contributed by atoms with Gasteiger partial charge in [-0.3, -0.25) is 0 Å². The van der Waals surface area contributed by atoms with Crippen LogP contribution >= 0.6 is 0 Å². The van der Waals surface area contributed by atoms with Gasteiger partial charge in [-0.2, -0.15) is 0 Å². The van der Waals surface area contributed by atoms with Crippen molar-refractivity contribution in [2.75, 3.05) is 7.05 Å². The topological polar surface area (TPSA) is 12.0 Å². The summed E-state index contributed by atoms with van der Waals surface area (Å²) >= 11 is 0. The molecule has 0 aromatic rings. The molecule has 0 amide bonds. The van der Waals surface area contributed by atoms with Crippen molar-refractivity contribution in [3.05, 3.63) is 0 Å². The first kappa shape index (κ1) is 15.4. The molecule has 1 N–H and O–H groups in total. The second-order valence-corrected chi connectivity index (χ2v) is 4.83. The first-order chi connectivity index (χ1) is 5.83. The summed E-state index contributed by atoms with van der Waals surface area (Å²) in [5.41, 5.74) is 0.742. The van der Waals surface area contributed by atoms with Gasteiger partial charge in [-0.05, 0) is 32.7 Å². The highest BCUT2D eigenvalue weighted by atomic mass is 14.9. The van der Waals surface area contributed by atoms with Crippen LogP contribution in [0.25, 0.3) is 0 Å². The summed E-state index contributed by atoms with van der Waals surface area (Å²) < 4.78 is 0. The van der Waals surface area contributed by atoms with Crippen molar-refractivity contribution in [2.24, 2.45) is 5.41 Å². The van der Waals surface area contributed by atoms with Crippen molar-refractivity contribution in [1.82, 2.24) is 5.32 Å². The van der Waals surface area contributed by atoms with Crippen LogP contribution in [0, 0.1) is 5.41 Å². The van der Waals surface area contributed by atoms with Crippen LogP contribution in [0.5, 0.6) is 0 Å². The molecule has 0 fully saturated rings. The van der Waals surface area contributed by atoms with Crippen molar-refractivity contribution in [2.45, 2.75) is 66.8 Å². The van der Waals surface area contributed by atoms with Crippen LogP contribution in [0.4, 0.5) is 0 Å². The second kappa shape index (κ2) is 6.42. The minimum atomic E-state index is 0.277. The van der Waals surface area contributed by atoms with E-state index in [1.807, 2.05) is 20.9 Å². The molecule has 0 aliphatic heterocycles. The molecule has 0 atom stereocenters. The Morgan fingerprint density at radius 3 is 1.62 bits per heavy atom. The van der Waals surface area contributed by atoms with Gasteiger partial charge in [0.1, 0.15) is 0 Å². The van der Waals surface area contributed by atoms with E-state index in [2.05, 4.69) is 39.9 Å². The summed E-state index contributed by atoms with van der Waals surface area (Å²) in [6, 6.07) is 0. The van der Waals surface area contributed by atoms with Crippen LogP contribution in [-0.2, 0) is 0 Å². The normalized spacial score (nSPS) is 12.0. The molecule has 82 valence electrons. The summed E-state index contributed by atoms with van der Waals surface area (Å²) in [5, 5.41) is 3.33. The Morgan fingerprint density at radius 2 is 1.38 bits per heavy atom. The average Bonchev–Trinajstić information content (AvgIpc) is 2.07. The number of hydrogen-bond acceptors (Lipinski definition) is 1. The van der Waals surface area contributed by atoms with Crippen LogP contribution < -0.4 is 5.32 Å². The van der Waals surface area contributed by atoms with Gasteiger partial charge in [-0.15, -0.1) is 0 Å². The van der Waals surface area contributed by atoms with Crippen molar-refractivity contribution >= 4 is 0 Å². The Hall–Kier alpha value is -0.0400. The van der Waals surface area contributed by atoms with Crippen LogP contribution in [-0.4, -0.2) is 12.6 Å². The SMILES string of the molecule is CC.CCC(C)(C)CC(C)(C)NC. The standard InChI is InChI=1S/C10H23N.C2H6/c1-7-9(2,3)8-10(4,5)11-6;1-2/h11H,7-8H2,1-6H3;1-2H3. The van der Waals surface area contributed by atoms with Crippen LogP contribution in [0.2, 0.25) is 0 Å². The highest BCUT2D eigenvalue weighted by Crippen LogP contribution is 2.30. The fourth-order valence-corrected chi connectivity index (χ4v) is 1.41. The monoisotopic (exact) mass is 187 g/mol. The fraction of sp³-hybridized carbons (Fsp3) is 1.00. The highest BCUT2D eigenvalue weighted by molar-refractivity contribution is 4.83. The zero-order chi connectivity index (χ0) is 11.1. The molecule has 0 rings (SSSR count). The summed E-state index contributed by atoms with van der Waals surface area (Å²) in [5.74, 6) is 0. The van der Waals surface area contributed by atoms with Crippen molar-refractivity contribution in [3.8, 4) is 0 Å². The Kier molecular flexibility index (Phi) is 7.62. The summed E-state index contributed by atoms with van der Waals surface area (Å²) in [6.07, 6.45) is 2.48. The molecule has 13 heavy (non-hydrogen) atoms. The minimum absolute atomic E-state index is 0.277. The van der Waals surface area contributed by atoms with Gasteiger partial charge in [0.25, 0.3) is 0 Å². The lowest BCUT2D eigenvalue weighted by atomic mass is 9.78. The van der Waals surface area contributed by atoms with E-state index in [4.69, 9.17) is 0 Å². The van der Waals surface area contributed by atoms with E-state index < -0.39 is 0 Å². The molecule has 0 aromatic heterocycles. The third kappa shape index (κ3) is 8.29. The third-order valence-electron chi connectivity index (χ3n) is 2.55. The lowest BCUT2D eigenvalue weighted by molar-refractivity contribution is 0.225. The van der Waals surface area contributed by atoms with E-state index in [0.717, 1.165) is 0 Å². The van der Waals surface area contributed by atoms with Gasteiger partial charge in [0.05, 0.1) is 0 Å². The van der Waals surface area contributed by atoms with Gasteiger partial charge in [-0.25, -0.2) is 0 Å². The van der Waals surface area contributed by atoms with Gasteiger partial charge >= 0.3 is 0 Å². The Labute approximate surface area is 85.3 Å². The summed E-state index contributed by atoms with van der Waals surface area (Å²) in [7, 11) is 2.03. The fourth-order valence-electron chi connectivity index (χ4n) is 1.41. The van der Waals surface area contributed by atoms with Crippen LogP contribution in [0.1, 0.15) is 61.3 Å². The molecular formula is C12H29N. The summed E-state index contributed by atoms with van der Waals surface area (Å²) in [6.45, 7) is 15.4. The molecule has 1 nitrogen and oxygen atoms in total. The van der Waals surface area contributed by atoms with E-state index in [1.165, 1.54) is 12.8 Å². The zero-order valence-electron chi connectivity index (χ0n) is 10.9. The van der Waals surface area contributed by atoms with Gasteiger partial charge in [-0.1, -0.05) is 41.0 Å². The Balaban J connectivity index is 0. The van der Waals surface area contributed by atoms with E-state index in [0.29, 0.717) is 5.41 Å². The molecule has 0 spiro atoms. The molecule has 0 aliphatic rings. The van der Waals surface area contributed by atoms with Gasteiger partial charge in [0, 0.05) is 5.54 Å². The predicted octanol–water partition coefficient (Wildman–Crippen LogP) is 3.84.